The molecule has 0 saturated heterocycles. The zero-order valence-corrected chi connectivity index (χ0v) is 9.67. The van der Waals surface area contributed by atoms with E-state index >= 15 is 0 Å². The summed E-state index contributed by atoms with van der Waals surface area (Å²) in [5.74, 6) is 0. The van der Waals surface area contributed by atoms with Gasteiger partial charge in [-0.2, -0.15) is 0 Å². The number of rotatable bonds is 4. The fourth-order valence-corrected chi connectivity index (χ4v) is 1.69. The maximum absolute atomic E-state index is 5.90. The van der Waals surface area contributed by atoms with Gasteiger partial charge in [0, 0.05) is 24.3 Å². The van der Waals surface area contributed by atoms with Crippen molar-refractivity contribution in [2.24, 2.45) is 0 Å². The summed E-state index contributed by atoms with van der Waals surface area (Å²) in [6.07, 6.45) is 7.53. The minimum Gasteiger partial charge on any atom is -0.398 e. The molecule has 0 saturated carbocycles. The van der Waals surface area contributed by atoms with Crippen LogP contribution in [0, 0.1) is 0 Å². The van der Waals surface area contributed by atoms with Crippen molar-refractivity contribution in [2.75, 3.05) is 12.8 Å². The summed E-state index contributed by atoms with van der Waals surface area (Å²) in [4.78, 5) is 12.2. The largest absolute Gasteiger partial charge is 0.398 e. The predicted octanol–water partition coefficient (Wildman–Crippen LogP) is 0.957. The Hall–Kier alpha value is -2.01. The van der Waals surface area contributed by atoms with Crippen LogP contribution in [0.15, 0.2) is 37.1 Å². The van der Waals surface area contributed by atoms with E-state index in [4.69, 9.17) is 5.73 Å². The molecule has 1 atom stereocenters. The van der Waals surface area contributed by atoms with Crippen LogP contribution < -0.4 is 11.1 Å². The van der Waals surface area contributed by atoms with Crippen LogP contribution in [0.4, 0.5) is 5.69 Å². The Morgan fingerprint density at radius 3 is 2.76 bits per heavy atom. The zero-order valence-electron chi connectivity index (χ0n) is 9.67. The molecule has 0 bridgehead atoms. The minimum atomic E-state index is 0.115. The molecule has 2 heterocycles. The Bertz CT molecular complexity index is 471. The van der Waals surface area contributed by atoms with Crippen molar-refractivity contribution in [2.45, 2.75) is 12.5 Å². The number of nitrogens with two attached hydrogens (primary N) is 1. The number of anilines is 1. The highest BCUT2D eigenvalue weighted by Gasteiger charge is 2.12. The molecule has 0 aliphatic rings. The van der Waals surface area contributed by atoms with Gasteiger partial charge in [0.05, 0.1) is 11.7 Å². The molecule has 5 nitrogen and oxygen atoms in total. The van der Waals surface area contributed by atoms with Gasteiger partial charge in [-0.15, -0.1) is 0 Å². The number of pyridine rings is 1. The van der Waals surface area contributed by atoms with Crippen LogP contribution in [0.2, 0.25) is 0 Å². The van der Waals surface area contributed by atoms with Crippen molar-refractivity contribution in [3.8, 4) is 0 Å². The molecular formula is C12H15N5. The normalized spacial score (nSPS) is 12.3. The molecule has 1 unspecified atom stereocenters. The number of nitrogen functional groups attached to an aromatic ring is 1. The molecule has 0 fully saturated rings. The highest BCUT2D eigenvalue weighted by atomic mass is 14.9. The van der Waals surface area contributed by atoms with Gasteiger partial charge in [-0.3, -0.25) is 4.98 Å². The Morgan fingerprint density at radius 1 is 1.29 bits per heavy atom. The van der Waals surface area contributed by atoms with Crippen molar-refractivity contribution < 1.29 is 0 Å². The lowest BCUT2D eigenvalue weighted by Crippen LogP contribution is -2.20. The lowest BCUT2D eigenvalue weighted by atomic mass is 10.0. The van der Waals surface area contributed by atoms with Crippen LogP contribution in [0.3, 0.4) is 0 Å². The third-order valence-corrected chi connectivity index (χ3v) is 2.68. The maximum atomic E-state index is 5.90. The molecule has 0 radical (unpaired) electrons. The number of nitrogens with zero attached hydrogens (tertiary/aromatic N) is 3. The predicted molar refractivity (Wildman–Crippen MR) is 66.2 cm³/mol. The third kappa shape index (κ3) is 2.76. The second kappa shape index (κ2) is 5.36. The molecule has 88 valence electrons. The standard InChI is InChI=1S/C12H15N5/c1-14-12(11-3-5-16-8-17-11)6-9-7-15-4-2-10(9)13/h2-5,7-8,12,14H,6H2,1H3,(H2,13,15). The van der Waals surface area contributed by atoms with Crippen molar-refractivity contribution in [1.29, 1.82) is 0 Å². The number of likely N-dealkylation sites (N-methyl/N-ethyl adjacent to an activating group) is 1. The first kappa shape index (κ1) is 11.5. The first-order valence-electron chi connectivity index (χ1n) is 5.43. The maximum Gasteiger partial charge on any atom is 0.115 e. The second-order valence-electron chi connectivity index (χ2n) is 3.75. The summed E-state index contributed by atoms with van der Waals surface area (Å²) in [7, 11) is 1.90. The van der Waals surface area contributed by atoms with Gasteiger partial charge in [-0.25, -0.2) is 9.97 Å². The molecule has 3 N–H and O–H groups in total. The summed E-state index contributed by atoms with van der Waals surface area (Å²) in [5, 5.41) is 3.22. The van der Waals surface area contributed by atoms with Crippen LogP contribution in [0.25, 0.3) is 0 Å². The van der Waals surface area contributed by atoms with Gasteiger partial charge in [-0.1, -0.05) is 0 Å². The Labute approximate surface area is 100 Å². The molecular weight excluding hydrogens is 214 g/mol. The molecule has 5 heteroatoms. The summed E-state index contributed by atoms with van der Waals surface area (Å²) < 4.78 is 0. The van der Waals surface area contributed by atoms with E-state index in [2.05, 4.69) is 20.3 Å². The van der Waals surface area contributed by atoms with Gasteiger partial charge in [0.2, 0.25) is 0 Å². The van der Waals surface area contributed by atoms with E-state index in [0.29, 0.717) is 0 Å². The fourth-order valence-electron chi connectivity index (χ4n) is 1.69. The lowest BCUT2D eigenvalue weighted by molar-refractivity contribution is 0.574. The molecule has 0 aliphatic heterocycles. The first-order chi connectivity index (χ1) is 8.31. The number of aromatic nitrogens is 3. The quantitative estimate of drug-likeness (QED) is 0.816. The Morgan fingerprint density at radius 2 is 2.12 bits per heavy atom. The summed E-state index contributed by atoms with van der Waals surface area (Å²) in [6.45, 7) is 0. The molecule has 2 rings (SSSR count). The van der Waals surface area contributed by atoms with Crippen molar-refractivity contribution in [3.05, 3.63) is 48.3 Å². The van der Waals surface area contributed by atoms with E-state index < -0.39 is 0 Å². The van der Waals surface area contributed by atoms with Gasteiger partial charge < -0.3 is 11.1 Å². The average molecular weight is 229 g/mol. The van der Waals surface area contributed by atoms with Gasteiger partial charge in [-0.05, 0) is 31.2 Å². The van der Waals surface area contributed by atoms with Gasteiger partial charge in [0.25, 0.3) is 0 Å². The monoisotopic (exact) mass is 229 g/mol. The minimum absolute atomic E-state index is 0.115. The summed E-state index contributed by atoms with van der Waals surface area (Å²) >= 11 is 0. The highest BCUT2D eigenvalue weighted by Crippen LogP contribution is 2.18. The zero-order chi connectivity index (χ0) is 12.1. The number of hydrogen-bond acceptors (Lipinski definition) is 5. The smallest absolute Gasteiger partial charge is 0.115 e. The van der Waals surface area contributed by atoms with Crippen LogP contribution in [-0.4, -0.2) is 22.0 Å². The van der Waals surface area contributed by atoms with Crippen LogP contribution in [0.5, 0.6) is 0 Å². The topological polar surface area (TPSA) is 76.7 Å². The van der Waals surface area contributed by atoms with E-state index in [1.165, 1.54) is 0 Å². The fraction of sp³-hybridized carbons (Fsp3) is 0.250. The van der Waals surface area contributed by atoms with E-state index in [0.717, 1.165) is 23.4 Å². The Balaban J connectivity index is 2.19. The molecule has 17 heavy (non-hydrogen) atoms. The van der Waals surface area contributed by atoms with E-state index in [9.17, 15) is 0 Å². The molecule has 0 aromatic carbocycles. The number of nitrogens with one attached hydrogen (secondary N) is 1. The van der Waals surface area contributed by atoms with Crippen molar-refractivity contribution >= 4 is 5.69 Å². The molecule has 2 aromatic rings. The van der Waals surface area contributed by atoms with Crippen LogP contribution >= 0.6 is 0 Å². The Kier molecular flexibility index (Phi) is 3.62. The van der Waals surface area contributed by atoms with Crippen LogP contribution in [0.1, 0.15) is 17.3 Å². The van der Waals surface area contributed by atoms with Crippen molar-refractivity contribution in [1.82, 2.24) is 20.3 Å². The summed E-state index contributed by atoms with van der Waals surface area (Å²) in [6, 6.07) is 3.82. The van der Waals surface area contributed by atoms with Crippen LogP contribution in [-0.2, 0) is 6.42 Å². The van der Waals surface area contributed by atoms with Gasteiger partial charge in [0.1, 0.15) is 6.33 Å². The SMILES string of the molecule is CNC(Cc1cnccc1N)c1ccncn1. The lowest BCUT2D eigenvalue weighted by Gasteiger charge is -2.16. The highest BCUT2D eigenvalue weighted by molar-refractivity contribution is 5.44. The van der Waals surface area contributed by atoms with E-state index in [-0.39, 0.29) is 6.04 Å². The van der Waals surface area contributed by atoms with Gasteiger partial charge >= 0.3 is 0 Å². The van der Waals surface area contributed by atoms with E-state index in [1.54, 1.807) is 24.9 Å². The third-order valence-electron chi connectivity index (χ3n) is 2.68. The first-order valence-corrected chi connectivity index (χ1v) is 5.43. The van der Waals surface area contributed by atoms with E-state index in [1.807, 2.05) is 19.2 Å². The molecule has 0 spiro atoms. The molecule has 0 amide bonds. The summed E-state index contributed by atoms with van der Waals surface area (Å²) in [5.41, 5.74) is 8.63. The molecule has 2 aromatic heterocycles. The second-order valence-corrected chi connectivity index (χ2v) is 3.75. The number of hydrogen-bond donors (Lipinski definition) is 2. The average Bonchev–Trinajstić information content (AvgIpc) is 2.39. The van der Waals surface area contributed by atoms with Gasteiger partial charge in [0.15, 0.2) is 0 Å². The molecule has 0 aliphatic carbocycles. The van der Waals surface area contributed by atoms with Crippen molar-refractivity contribution in [3.63, 3.8) is 0 Å².